The molecule has 6 nitrogen and oxygen atoms in total. The van der Waals surface area contributed by atoms with Gasteiger partial charge in [-0.2, -0.15) is 0 Å². The van der Waals surface area contributed by atoms with Crippen LogP contribution in [0.2, 0.25) is 0 Å². The largest absolute Gasteiger partial charge is 0.476 e. The number of ether oxygens (including phenoxy) is 1. The molecule has 1 aliphatic heterocycles. The van der Waals surface area contributed by atoms with Crippen molar-refractivity contribution in [1.29, 1.82) is 0 Å². The van der Waals surface area contributed by atoms with E-state index in [4.69, 9.17) is 4.74 Å². The van der Waals surface area contributed by atoms with Gasteiger partial charge in [0.25, 0.3) is 15.9 Å². The number of benzene rings is 2. The molecule has 0 saturated carbocycles. The van der Waals surface area contributed by atoms with E-state index in [0.717, 1.165) is 24.8 Å². The minimum Gasteiger partial charge on any atom is -0.476 e. The number of sulfonamides is 1. The summed E-state index contributed by atoms with van der Waals surface area (Å²) in [5.41, 5.74) is 2.60. The van der Waals surface area contributed by atoms with Crippen molar-refractivity contribution >= 4 is 21.6 Å². The van der Waals surface area contributed by atoms with Gasteiger partial charge in [0, 0.05) is 6.54 Å². The maximum atomic E-state index is 13.3. The molecular formula is C23H26N2O4S. The molecule has 0 radical (unpaired) electrons. The number of nitrogens with one attached hydrogen (secondary N) is 1. The van der Waals surface area contributed by atoms with Crippen LogP contribution < -0.4 is 14.4 Å². The van der Waals surface area contributed by atoms with E-state index in [-0.39, 0.29) is 17.3 Å². The fourth-order valence-electron chi connectivity index (χ4n) is 3.82. The number of aryl methyl sites for hydroxylation is 1. The van der Waals surface area contributed by atoms with Gasteiger partial charge in [-0.05, 0) is 62.4 Å². The van der Waals surface area contributed by atoms with Crippen LogP contribution in [-0.2, 0) is 14.8 Å². The van der Waals surface area contributed by atoms with Crippen molar-refractivity contribution in [2.75, 3.05) is 17.4 Å². The van der Waals surface area contributed by atoms with Gasteiger partial charge in [0.2, 0.25) is 0 Å². The molecule has 0 saturated heterocycles. The highest BCUT2D eigenvalue weighted by Crippen LogP contribution is 2.37. The number of rotatable bonds is 5. The molecule has 0 aromatic heterocycles. The second-order valence-corrected chi connectivity index (χ2v) is 9.62. The maximum Gasteiger partial charge on any atom is 0.264 e. The van der Waals surface area contributed by atoms with Crippen LogP contribution in [0.1, 0.15) is 31.2 Å². The van der Waals surface area contributed by atoms with Crippen LogP contribution in [0.5, 0.6) is 5.75 Å². The van der Waals surface area contributed by atoms with Crippen molar-refractivity contribution in [3.8, 4) is 5.75 Å². The van der Waals surface area contributed by atoms with E-state index >= 15 is 0 Å². The SMILES string of the molecule is Cc1ccc2c(c1)O[C@@H](C(=O)NCC1=CCCCC1)CN2S(=O)(=O)c1ccccc1. The summed E-state index contributed by atoms with van der Waals surface area (Å²) >= 11 is 0. The Morgan fingerprint density at radius 1 is 1.17 bits per heavy atom. The highest BCUT2D eigenvalue weighted by molar-refractivity contribution is 7.92. The molecule has 2 aliphatic rings. The number of anilines is 1. The van der Waals surface area contributed by atoms with Gasteiger partial charge in [-0.3, -0.25) is 9.10 Å². The highest BCUT2D eigenvalue weighted by Gasteiger charge is 2.37. The molecule has 0 spiro atoms. The summed E-state index contributed by atoms with van der Waals surface area (Å²) < 4.78 is 33.9. The molecule has 30 heavy (non-hydrogen) atoms. The lowest BCUT2D eigenvalue weighted by Gasteiger charge is -2.35. The fraction of sp³-hybridized carbons (Fsp3) is 0.348. The van der Waals surface area contributed by atoms with Crippen molar-refractivity contribution in [2.45, 2.75) is 43.6 Å². The van der Waals surface area contributed by atoms with E-state index in [9.17, 15) is 13.2 Å². The monoisotopic (exact) mass is 426 g/mol. The van der Waals surface area contributed by atoms with Crippen LogP contribution in [0.25, 0.3) is 0 Å². The summed E-state index contributed by atoms with van der Waals surface area (Å²) in [7, 11) is -3.83. The molecule has 1 atom stereocenters. The zero-order valence-electron chi connectivity index (χ0n) is 17.0. The Labute approximate surface area is 177 Å². The van der Waals surface area contributed by atoms with Gasteiger partial charge in [-0.15, -0.1) is 0 Å². The molecule has 158 valence electrons. The van der Waals surface area contributed by atoms with E-state index in [1.807, 2.05) is 13.0 Å². The maximum absolute atomic E-state index is 13.3. The number of allylic oxidation sites excluding steroid dienone is 1. The summed E-state index contributed by atoms with van der Waals surface area (Å²) in [6.07, 6.45) is 5.62. The Morgan fingerprint density at radius 3 is 2.70 bits per heavy atom. The Kier molecular flexibility index (Phi) is 5.81. The topological polar surface area (TPSA) is 75.7 Å². The van der Waals surface area contributed by atoms with E-state index in [2.05, 4.69) is 11.4 Å². The molecular weight excluding hydrogens is 400 g/mol. The molecule has 1 amide bonds. The summed E-state index contributed by atoms with van der Waals surface area (Å²) in [4.78, 5) is 13.0. The Bertz CT molecular complexity index is 1060. The molecule has 0 fully saturated rings. The number of carbonyl (C=O) groups excluding carboxylic acids is 1. The van der Waals surface area contributed by atoms with Crippen LogP contribution in [0.15, 0.2) is 65.1 Å². The Balaban J connectivity index is 1.60. The Hall–Kier alpha value is -2.80. The van der Waals surface area contributed by atoms with Gasteiger partial charge in [0.15, 0.2) is 6.10 Å². The zero-order valence-corrected chi connectivity index (χ0v) is 17.8. The first kappa shape index (κ1) is 20.5. The molecule has 1 aliphatic carbocycles. The average Bonchev–Trinajstić information content (AvgIpc) is 2.77. The minimum absolute atomic E-state index is 0.0713. The van der Waals surface area contributed by atoms with Crippen LogP contribution in [-0.4, -0.2) is 33.5 Å². The third kappa shape index (κ3) is 4.21. The number of fused-ring (bicyclic) bond motifs is 1. The molecule has 1 heterocycles. The van der Waals surface area contributed by atoms with E-state index < -0.39 is 16.1 Å². The number of amides is 1. The smallest absolute Gasteiger partial charge is 0.264 e. The lowest BCUT2D eigenvalue weighted by Crippen LogP contribution is -2.51. The van der Waals surface area contributed by atoms with Crippen molar-refractivity contribution in [2.24, 2.45) is 0 Å². The lowest BCUT2D eigenvalue weighted by molar-refractivity contribution is -0.127. The third-order valence-electron chi connectivity index (χ3n) is 5.48. The van der Waals surface area contributed by atoms with Gasteiger partial charge in [0.1, 0.15) is 5.75 Å². The molecule has 0 unspecified atom stereocenters. The number of carbonyl (C=O) groups is 1. The minimum atomic E-state index is -3.83. The van der Waals surface area contributed by atoms with Crippen molar-refractivity contribution in [3.05, 3.63) is 65.7 Å². The zero-order chi connectivity index (χ0) is 21.1. The van der Waals surface area contributed by atoms with Crippen molar-refractivity contribution < 1.29 is 17.9 Å². The van der Waals surface area contributed by atoms with E-state index in [1.54, 1.807) is 42.5 Å². The fourth-order valence-corrected chi connectivity index (χ4v) is 5.32. The molecule has 2 aromatic rings. The van der Waals surface area contributed by atoms with E-state index in [1.165, 1.54) is 16.3 Å². The van der Waals surface area contributed by atoms with Gasteiger partial charge < -0.3 is 10.1 Å². The Morgan fingerprint density at radius 2 is 1.97 bits per heavy atom. The second-order valence-electron chi connectivity index (χ2n) is 7.75. The van der Waals surface area contributed by atoms with Gasteiger partial charge >= 0.3 is 0 Å². The molecule has 0 bridgehead atoms. The van der Waals surface area contributed by atoms with Crippen molar-refractivity contribution in [1.82, 2.24) is 5.32 Å². The summed E-state index contributed by atoms with van der Waals surface area (Å²) in [6.45, 7) is 2.31. The van der Waals surface area contributed by atoms with Crippen LogP contribution >= 0.6 is 0 Å². The molecule has 1 N–H and O–H groups in total. The van der Waals surface area contributed by atoms with Crippen LogP contribution in [0, 0.1) is 6.92 Å². The third-order valence-corrected chi connectivity index (χ3v) is 7.28. The molecule has 4 rings (SSSR count). The summed E-state index contributed by atoms with van der Waals surface area (Å²) in [5, 5.41) is 2.93. The predicted octanol–water partition coefficient (Wildman–Crippen LogP) is 3.57. The average molecular weight is 427 g/mol. The number of nitrogens with zero attached hydrogens (tertiary/aromatic N) is 1. The first-order valence-electron chi connectivity index (χ1n) is 10.3. The number of hydrogen-bond acceptors (Lipinski definition) is 4. The van der Waals surface area contributed by atoms with Crippen LogP contribution in [0.4, 0.5) is 5.69 Å². The molecule has 7 heteroatoms. The predicted molar refractivity (Wildman–Crippen MR) is 116 cm³/mol. The van der Waals surface area contributed by atoms with Crippen molar-refractivity contribution in [3.63, 3.8) is 0 Å². The molecule has 2 aromatic carbocycles. The highest BCUT2D eigenvalue weighted by atomic mass is 32.2. The first-order chi connectivity index (χ1) is 14.4. The normalized spacial score (nSPS) is 18.8. The van der Waals surface area contributed by atoms with Gasteiger partial charge in [0.05, 0.1) is 17.1 Å². The first-order valence-corrected chi connectivity index (χ1v) is 11.7. The van der Waals surface area contributed by atoms with Gasteiger partial charge in [-0.1, -0.05) is 35.9 Å². The standard InChI is InChI=1S/C23H26N2O4S/c1-17-12-13-20-21(14-17)29-22(23(26)24-15-18-8-4-2-5-9-18)16-25(20)30(27,28)19-10-6-3-7-11-19/h3,6-8,10-14,22H,2,4-5,9,15-16H2,1H3,(H,24,26)/t22-/m1/s1. The summed E-state index contributed by atoms with van der Waals surface area (Å²) in [6, 6.07) is 13.6. The lowest BCUT2D eigenvalue weighted by atomic mass is 10.00. The number of hydrogen-bond donors (Lipinski definition) is 1. The second kappa shape index (κ2) is 8.52. The summed E-state index contributed by atoms with van der Waals surface area (Å²) in [5.74, 6) is 0.0969. The van der Waals surface area contributed by atoms with E-state index in [0.29, 0.717) is 18.0 Å². The van der Waals surface area contributed by atoms with Crippen LogP contribution in [0.3, 0.4) is 0 Å². The van der Waals surface area contributed by atoms with Gasteiger partial charge in [-0.25, -0.2) is 8.42 Å². The quantitative estimate of drug-likeness (QED) is 0.742.